The summed E-state index contributed by atoms with van der Waals surface area (Å²) in [5, 5.41) is 0. The molecule has 0 unspecified atom stereocenters. The highest BCUT2D eigenvalue weighted by Gasteiger charge is 2.12. The van der Waals surface area contributed by atoms with E-state index in [0.717, 1.165) is 0 Å². The molecule has 0 aliphatic carbocycles. The maximum absolute atomic E-state index is 10.7. The van der Waals surface area contributed by atoms with E-state index in [1.165, 1.54) is 6.08 Å². The van der Waals surface area contributed by atoms with E-state index in [1.807, 2.05) is 0 Å². The molecule has 6 heteroatoms. The van der Waals surface area contributed by atoms with Crippen LogP contribution in [0.15, 0.2) is 12.7 Å². The molecule has 5 nitrogen and oxygen atoms in total. The van der Waals surface area contributed by atoms with Crippen molar-refractivity contribution in [2.45, 2.75) is 19.3 Å². The highest BCUT2D eigenvalue weighted by molar-refractivity contribution is 7.46. The minimum absolute atomic E-state index is 0.0330. The Kier molecular flexibility index (Phi) is 5.82. The first kappa shape index (κ1) is 12.5. The summed E-state index contributed by atoms with van der Waals surface area (Å²) in [6.07, 6.45) is 2.56. The lowest BCUT2D eigenvalue weighted by Gasteiger charge is -2.03. The number of carbonyl (C=O) groups excluding carboxylic acids is 1. The molecular formula is C7H13O5P. The van der Waals surface area contributed by atoms with E-state index in [1.54, 1.807) is 0 Å². The Morgan fingerprint density at radius 3 is 2.54 bits per heavy atom. The number of allylic oxidation sites excluding steroid dienone is 1. The first-order chi connectivity index (χ1) is 5.95. The zero-order valence-corrected chi connectivity index (χ0v) is 8.07. The average molecular weight is 208 g/mol. The third kappa shape index (κ3) is 9.43. The van der Waals surface area contributed by atoms with E-state index >= 15 is 0 Å². The van der Waals surface area contributed by atoms with Crippen LogP contribution < -0.4 is 0 Å². The molecule has 0 saturated carbocycles. The van der Waals surface area contributed by atoms with E-state index in [-0.39, 0.29) is 12.4 Å². The first-order valence-electron chi connectivity index (χ1n) is 3.81. The standard InChI is InChI=1S/C7H13O5P/c1-2-7(8)5-3-4-6-12-13(9,10)11/h2H,1,3-6H2,(H2,9,10,11). The fourth-order valence-corrected chi connectivity index (χ4v) is 1.05. The van der Waals surface area contributed by atoms with Gasteiger partial charge in [-0.3, -0.25) is 9.32 Å². The molecule has 0 spiro atoms. The van der Waals surface area contributed by atoms with E-state index in [2.05, 4.69) is 11.1 Å². The molecule has 2 N–H and O–H groups in total. The lowest BCUT2D eigenvalue weighted by atomic mass is 10.2. The minimum Gasteiger partial charge on any atom is -0.303 e. The van der Waals surface area contributed by atoms with Gasteiger partial charge in [-0.05, 0) is 18.9 Å². The zero-order valence-electron chi connectivity index (χ0n) is 7.18. The molecule has 0 aromatic heterocycles. The van der Waals surface area contributed by atoms with Crippen molar-refractivity contribution in [2.75, 3.05) is 6.61 Å². The van der Waals surface area contributed by atoms with E-state index < -0.39 is 7.82 Å². The van der Waals surface area contributed by atoms with Gasteiger partial charge in [0.25, 0.3) is 0 Å². The molecule has 0 amide bonds. The molecule has 0 heterocycles. The van der Waals surface area contributed by atoms with Gasteiger partial charge in [0, 0.05) is 6.42 Å². The fraction of sp³-hybridized carbons (Fsp3) is 0.571. The van der Waals surface area contributed by atoms with Crippen molar-refractivity contribution in [3.8, 4) is 0 Å². The zero-order chi connectivity index (χ0) is 10.3. The molecule has 0 aromatic carbocycles. The summed E-state index contributed by atoms with van der Waals surface area (Å²) in [4.78, 5) is 27.2. The van der Waals surface area contributed by atoms with Crippen molar-refractivity contribution >= 4 is 13.6 Å². The summed E-state index contributed by atoms with van der Waals surface area (Å²) in [6.45, 7) is 3.26. The summed E-state index contributed by atoms with van der Waals surface area (Å²) in [7, 11) is -4.34. The van der Waals surface area contributed by atoms with Crippen LogP contribution in [0.25, 0.3) is 0 Å². The van der Waals surface area contributed by atoms with Crippen LogP contribution in [0.1, 0.15) is 19.3 Å². The van der Waals surface area contributed by atoms with Crippen molar-refractivity contribution in [2.24, 2.45) is 0 Å². The SMILES string of the molecule is C=CC(=O)CCCCOP(=O)(O)O. The maximum atomic E-state index is 10.7. The first-order valence-corrected chi connectivity index (χ1v) is 5.34. The third-order valence-corrected chi connectivity index (χ3v) is 1.82. The summed E-state index contributed by atoms with van der Waals surface area (Å²) >= 11 is 0. The number of ketones is 1. The molecule has 0 bridgehead atoms. The minimum atomic E-state index is -4.34. The normalized spacial score (nSPS) is 11.2. The molecule has 76 valence electrons. The molecule has 0 aliphatic heterocycles. The number of phosphoric acid groups is 1. The van der Waals surface area contributed by atoms with Crippen LogP contribution in [0.5, 0.6) is 0 Å². The van der Waals surface area contributed by atoms with Gasteiger partial charge in [-0.1, -0.05) is 6.58 Å². The van der Waals surface area contributed by atoms with E-state index in [4.69, 9.17) is 9.79 Å². The van der Waals surface area contributed by atoms with Crippen molar-refractivity contribution in [1.29, 1.82) is 0 Å². The van der Waals surface area contributed by atoms with Crippen LogP contribution >= 0.6 is 7.82 Å². The van der Waals surface area contributed by atoms with E-state index in [9.17, 15) is 9.36 Å². The van der Waals surface area contributed by atoms with Crippen LogP contribution in [-0.2, 0) is 13.9 Å². The van der Waals surface area contributed by atoms with Gasteiger partial charge in [-0.2, -0.15) is 0 Å². The second-order valence-corrected chi connectivity index (χ2v) is 3.69. The molecule has 0 aromatic rings. The van der Waals surface area contributed by atoms with Crippen LogP contribution in [-0.4, -0.2) is 22.2 Å². The molecule has 0 atom stereocenters. The van der Waals surface area contributed by atoms with Crippen LogP contribution in [0, 0.1) is 0 Å². The lowest BCUT2D eigenvalue weighted by Crippen LogP contribution is -1.95. The van der Waals surface area contributed by atoms with Gasteiger partial charge >= 0.3 is 7.82 Å². The molecular weight excluding hydrogens is 195 g/mol. The molecule has 0 saturated heterocycles. The Morgan fingerprint density at radius 2 is 2.08 bits per heavy atom. The van der Waals surface area contributed by atoms with Crippen molar-refractivity contribution in [3.63, 3.8) is 0 Å². The second kappa shape index (κ2) is 6.05. The van der Waals surface area contributed by atoms with Crippen molar-refractivity contribution < 1.29 is 23.7 Å². The third-order valence-electron chi connectivity index (χ3n) is 1.30. The van der Waals surface area contributed by atoms with Gasteiger partial charge in [0.1, 0.15) is 0 Å². The van der Waals surface area contributed by atoms with Gasteiger partial charge in [-0.25, -0.2) is 4.57 Å². The predicted molar refractivity (Wildman–Crippen MR) is 47.1 cm³/mol. The largest absolute Gasteiger partial charge is 0.469 e. The second-order valence-electron chi connectivity index (χ2n) is 2.45. The molecule has 13 heavy (non-hydrogen) atoms. The number of unbranched alkanes of at least 4 members (excludes halogenated alkanes) is 1. The highest BCUT2D eigenvalue weighted by Crippen LogP contribution is 2.35. The average Bonchev–Trinajstić information content (AvgIpc) is 2.01. The smallest absolute Gasteiger partial charge is 0.303 e. The molecule has 0 fully saturated rings. The quantitative estimate of drug-likeness (QED) is 0.370. The lowest BCUT2D eigenvalue weighted by molar-refractivity contribution is -0.114. The Bertz CT molecular complexity index is 219. The number of phosphoric ester groups is 1. The number of carbonyl (C=O) groups is 1. The number of hydrogen-bond donors (Lipinski definition) is 2. The summed E-state index contributed by atoms with van der Waals surface area (Å²) in [5.74, 6) is -0.0730. The van der Waals surface area contributed by atoms with Gasteiger partial charge < -0.3 is 9.79 Å². The van der Waals surface area contributed by atoms with Gasteiger partial charge in [0.2, 0.25) is 0 Å². The number of hydrogen-bond acceptors (Lipinski definition) is 3. The predicted octanol–water partition coefficient (Wildman–Crippen LogP) is 1.02. The Morgan fingerprint density at radius 1 is 1.46 bits per heavy atom. The Balaban J connectivity index is 3.32. The Labute approximate surface area is 76.7 Å². The topological polar surface area (TPSA) is 83.8 Å². The van der Waals surface area contributed by atoms with Crippen LogP contribution in [0.2, 0.25) is 0 Å². The van der Waals surface area contributed by atoms with Crippen LogP contribution in [0.4, 0.5) is 0 Å². The van der Waals surface area contributed by atoms with Gasteiger partial charge in [0.05, 0.1) is 6.61 Å². The molecule has 0 radical (unpaired) electrons. The highest BCUT2D eigenvalue weighted by atomic mass is 31.2. The summed E-state index contributed by atoms with van der Waals surface area (Å²) in [6, 6.07) is 0. The fourth-order valence-electron chi connectivity index (χ4n) is 0.687. The monoisotopic (exact) mass is 208 g/mol. The number of rotatable bonds is 7. The van der Waals surface area contributed by atoms with Crippen molar-refractivity contribution in [3.05, 3.63) is 12.7 Å². The van der Waals surface area contributed by atoms with E-state index in [0.29, 0.717) is 19.3 Å². The Hall–Kier alpha value is -0.480. The van der Waals surface area contributed by atoms with Gasteiger partial charge in [0.15, 0.2) is 5.78 Å². The maximum Gasteiger partial charge on any atom is 0.469 e. The summed E-state index contributed by atoms with van der Waals surface area (Å²) in [5.41, 5.74) is 0. The molecule has 0 aliphatic rings. The van der Waals surface area contributed by atoms with Gasteiger partial charge in [-0.15, -0.1) is 0 Å². The molecule has 0 rings (SSSR count). The van der Waals surface area contributed by atoms with Crippen LogP contribution in [0.3, 0.4) is 0 Å². The summed E-state index contributed by atoms with van der Waals surface area (Å²) < 4.78 is 14.3. The van der Waals surface area contributed by atoms with Crippen molar-refractivity contribution in [1.82, 2.24) is 0 Å².